The van der Waals surface area contributed by atoms with Gasteiger partial charge in [0.2, 0.25) is 0 Å². The molecule has 2 N–H and O–H groups in total. The first-order valence-electron chi connectivity index (χ1n) is 6.77. The van der Waals surface area contributed by atoms with E-state index in [1.165, 1.54) is 25.7 Å². The number of aliphatic hydroxyl groups excluding tert-OH is 1. The van der Waals surface area contributed by atoms with E-state index in [-0.39, 0.29) is 1.43 Å². The first-order chi connectivity index (χ1) is 8.08. The minimum Gasteiger partial charge on any atom is -0.400 e. The lowest BCUT2D eigenvalue weighted by Crippen LogP contribution is -2.16. The highest BCUT2D eigenvalue weighted by molar-refractivity contribution is 5.83. The zero-order valence-electron chi connectivity index (χ0n) is 11.8. The summed E-state index contributed by atoms with van der Waals surface area (Å²) in [5, 5.41) is 10.0. The van der Waals surface area contributed by atoms with Crippen LogP contribution in [0.1, 0.15) is 54.3 Å². The number of hydrogen-bond donors (Lipinski definition) is 2. The van der Waals surface area contributed by atoms with E-state index in [0.717, 1.165) is 25.4 Å². The van der Waals surface area contributed by atoms with Crippen LogP contribution in [0.5, 0.6) is 0 Å². The third-order valence-electron chi connectivity index (χ3n) is 3.38. The number of nitrogens with one attached hydrogen (secondary N) is 1. The molecule has 0 amide bonds. The van der Waals surface area contributed by atoms with Crippen molar-refractivity contribution in [3.63, 3.8) is 0 Å². The Kier molecular flexibility index (Phi) is 9.37. The molecule has 2 rings (SSSR count). The zero-order valence-corrected chi connectivity index (χ0v) is 11.8. The van der Waals surface area contributed by atoms with Gasteiger partial charge in [0.1, 0.15) is 5.78 Å². The molecular weight excluding hydrogens is 214 g/mol. The minimum atomic E-state index is 0. The van der Waals surface area contributed by atoms with Crippen LogP contribution in [0.25, 0.3) is 0 Å². The van der Waals surface area contributed by atoms with E-state index in [1.54, 1.807) is 0 Å². The van der Waals surface area contributed by atoms with Crippen LogP contribution in [-0.4, -0.2) is 30.6 Å². The molecule has 1 unspecified atom stereocenters. The fraction of sp³-hybridized carbons (Fsp3) is 0.929. The van der Waals surface area contributed by atoms with Crippen LogP contribution in [0.2, 0.25) is 0 Å². The van der Waals surface area contributed by atoms with Crippen molar-refractivity contribution in [2.45, 2.75) is 58.9 Å². The zero-order chi connectivity index (χ0) is 13.3. The van der Waals surface area contributed by atoms with Gasteiger partial charge in [-0.2, -0.15) is 0 Å². The lowest BCUT2D eigenvalue weighted by atomic mass is 9.84. The van der Waals surface area contributed by atoms with E-state index in [4.69, 9.17) is 5.11 Å². The Balaban J connectivity index is 0. The van der Waals surface area contributed by atoms with Gasteiger partial charge in [0.25, 0.3) is 0 Å². The quantitative estimate of drug-likeness (QED) is 0.690. The average molecular weight is 245 g/mol. The summed E-state index contributed by atoms with van der Waals surface area (Å²) in [6.45, 7) is 7.34. The average Bonchev–Trinajstić information content (AvgIpc) is 2.66. The normalized spacial score (nSPS) is 32.1. The van der Waals surface area contributed by atoms with Gasteiger partial charge in [0.05, 0.1) is 6.54 Å². The number of Topliss-reactive ketones (excluding diaryl/α,β-unsaturated/α-hetero) is 1. The second kappa shape index (κ2) is 9.60. The fourth-order valence-electron chi connectivity index (χ4n) is 2.51. The Morgan fingerprint density at radius 2 is 1.71 bits per heavy atom. The van der Waals surface area contributed by atoms with Crippen molar-refractivity contribution in [3.05, 3.63) is 0 Å². The predicted octanol–water partition coefficient (Wildman–Crippen LogP) is 2.62. The van der Waals surface area contributed by atoms with E-state index in [2.05, 4.69) is 19.2 Å². The van der Waals surface area contributed by atoms with Crippen LogP contribution >= 0.6 is 0 Å². The largest absolute Gasteiger partial charge is 0.400 e. The van der Waals surface area contributed by atoms with Gasteiger partial charge < -0.3 is 10.4 Å². The molecule has 1 aliphatic carbocycles. The van der Waals surface area contributed by atoms with Crippen molar-refractivity contribution in [2.24, 2.45) is 11.8 Å². The molecule has 0 aromatic rings. The first-order valence-corrected chi connectivity index (χ1v) is 6.77. The maximum absolute atomic E-state index is 10.4. The molecule has 104 valence electrons. The summed E-state index contributed by atoms with van der Waals surface area (Å²) < 4.78 is 0. The lowest BCUT2D eigenvalue weighted by molar-refractivity contribution is -0.116. The van der Waals surface area contributed by atoms with Gasteiger partial charge in [-0.15, -0.1) is 0 Å². The topological polar surface area (TPSA) is 49.3 Å². The van der Waals surface area contributed by atoms with Gasteiger partial charge in [0, 0.05) is 21.0 Å². The maximum Gasteiger partial charge on any atom is 0.148 e. The summed E-state index contributed by atoms with van der Waals surface area (Å²) in [6, 6.07) is 0.424. The number of ketones is 1. The van der Waals surface area contributed by atoms with Crippen molar-refractivity contribution in [1.29, 1.82) is 0 Å². The number of aliphatic hydroxyl groups is 1. The highest BCUT2D eigenvalue weighted by atomic mass is 16.2. The molecule has 3 atom stereocenters. The Labute approximate surface area is 107 Å². The highest BCUT2D eigenvalue weighted by Gasteiger charge is 2.15. The molecule has 17 heavy (non-hydrogen) atoms. The highest BCUT2D eigenvalue weighted by Crippen LogP contribution is 2.27. The summed E-state index contributed by atoms with van der Waals surface area (Å²) in [4.78, 5) is 10.4. The van der Waals surface area contributed by atoms with Gasteiger partial charge in [-0.3, -0.25) is 4.79 Å². The van der Waals surface area contributed by atoms with Gasteiger partial charge in [0.15, 0.2) is 0 Å². The Morgan fingerprint density at radius 3 is 1.88 bits per heavy atom. The lowest BCUT2D eigenvalue weighted by Gasteiger charge is -2.22. The number of carbonyl (C=O) groups is 1. The Bertz CT molecular complexity index is 204. The van der Waals surface area contributed by atoms with Gasteiger partial charge in [-0.1, -0.05) is 33.1 Å². The molecule has 2 fully saturated rings. The summed E-state index contributed by atoms with van der Waals surface area (Å²) in [6.07, 6.45) is 6.62. The number of carbonyl (C=O) groups excluding carboxylic acids is 1. The molecule has 3 heteroatoms. The standard InChI is InChI=1S/C8H16.C5H9NO.CH4O.H2/c1-7-4-3-5-8(2)6-7;1-4-2-5(7)3-6-4;1-2;/h7-8H,3-6H2,1-2H3;4,6H,2-3H2,1H3;2H,1H3;1H/t7-,8?;4-;;/m11../s1. The maximum atomic E-state index is 10.4. The molecule has 0 spiro atoms. The molecule has 2 aliphatic rings. The molecular formula is C14H31NO2. The number of rotatable bonds is 0. The van der Waals surface area contributed by atoms with Gasteiger partial charge in [-0.05, 0) is 25.2 Å². The predicted molar refractivity (Wildman–Crippen MR) is 74.1 cm³/mol. The fourth-order valence-corrected chi connectivity index (χ4v) is 2.51. The van der Waals surface area contributed by atoms with E-state index >= 15 is 0 Å². The third kappa shape index (κ3) is 8.33. The summed E-state index contributed by atoms with van der Waals surface area (Å²) >= 11 is 0. The van der Waals surface area contributed by atoms with Crippen molar-refractivity contribution in [2.75, 3.05) is 13.7 Å². The molecule has 1 heterocycles. The second-order valence-electron chi connectivity index (χ2n) is 5.40. The second-order valence-corrected chi connectivity index (χ2v) is 5.40. The van der Waals surface area contributed by atoms with Crippen LogP contribution in [-0.2, 0) is 4.79 Å². The molecule has 0 radical (unpaired) electrons. The van der Waals surface area contributed by atoms with Crippen molar-refractivity contribution in [1.82, 2.24) is 5.32 Å². The Hall–Kier alpha value is -0.410. The van der Waals surface area contributed by atoms with Crippen LogP contribution in [0.3, 0.4) is 0 Å². The summed E-state index contributed by atoms with van der Waals surface area (Å²) in [7, 11) is 1.00. The summed E-state index contributed by atoms with van der Waals surface area (Å²) in [5.74, 6) is 2.37. The minimum absolute atomic E-state index is 0. The number of hydrogen-bond acceptors (Lipinski definition) is 3. The van der Waals surface area contributed by atoms with E-state index in [1.807, 2.05) is 6.92 Å². The molecule has 0 aromatic carbocycles. The van der Waals surface area contributed by atoms with Crippen LogP contribution in [0.4, 0.5) is 0 Å². The van der Waals surface area contributed by atoms with E-state index in [0.29, 0.717) is 18.4 Å². The van der Waals surface area contributed by atoms with Crippen LogP contribution < -0.4 is 5.32 Å². The van der Waals surface area contributed by atoms with Crippen LogP contribution in [0.15, 0.2) is 0 Å². The van der Waals surface area contributed by atoms with Crippen molar-refractivity contribution < 1.29 is 11.3 Å². The summed E-state index contributed by atoms with van der Waals surface area (Å²) in [5.41, 5.74) is 0. The van der Waals surface area contributed by atoms with E-state index in [9.17, 15) is 4.79 Å². The van der Waals surface area contributed by atoms with Gasteiger partial charge in [-0.25, -0.2) is 0 Å². The molecule has 1 aliphatic heterocycles. The molecule has 1 saturated carbocycles. The van der Waals surface area contributed by atoms with Gasteiger partial charge >= 0.3 is 0 Å². The van der Waals surface area contributed by atoms with Crippen molar-refractivity contribution in [3.8, 4) is 0 Å². The molecule has 1 saturated heterocycles. The Morgan fingerprint density at radius 1 is 1.18 bits per heavy atom. The van der Waals surface area contributed by atoms with Crippen molar-refractivity contribution >= 4 is 5.78 Å². The molecule has 3 nitrogen and oxygen atoms in total. The first kappa shape index (κ1) is 16.6. The monoisotopic (exact) mass is 245 g/mol. The third-order valence-corrected chi connectivity index (χ3v) is 3.38. The van der Waals surface area contributed by atoms with Crippen LogP contribution in [0, 0.1) is 11.8 Å². The molecule has 0 aromatic heterocycles. The smallest absolute Gasteiger partial charge is 0.148 e. The SMILES string of the molecule is CC1CCC[C@@H](C)C1.CO.C[C@@H]1CC(=O)CN1.[HH]. The molecule has 0 bridgehead atoms. The van der Waals surface area contributed by atoms with E-state index < -0.39 is 0 Å².